The molecule has 0 spiro atoms. The van der Waals surface area contributed by atoms with Crippen LogP contribution in [0.1, 0.15) is 0 Å². The van der Waals surface area contributed by atoms with Gasteiger partial charge in [0.05, 0.1) is 11.2 Å². The minimum atomic E-state index is -0.294. The zero-order chi connectivity index (χ0) is 15.1. The number of hydrogen-bond acceptors (Lipinski definition) is 4. The van der Waals surface area contributed by atoms with Crippen molar-refractivity contribution in [2.75, 3.05) is 11.9 Å². The van der Waals surface area contributed by atoms with Crippen molar-refractivity contribution in [2.24, 2.45) is 0 Å². The topological polar surface area (TPSA) is 46.3 Å². The number of nitrogens with zero attached hydrogens (tertiary/aromatic N) is 5. The molecule has 2 aromatic carbocycles. The SMILES string of the molecule is CN(c1ccccc1F)c1nc2nncn2c2ccccc12. The Bertz CT molecular complexity index is 979. The Morgan fingerprint density at radius 1 is 1.05 bits per heavy atom. The molecule has 4 aromatic rings. The van der Waals surface area contributed by atoms with Gasteiger partial charge in [-0.05, 0) is 24.3 Å². The van der Waals surface area contributed by atoms with Gasteiger partial charge in [0.1, 0.15) is 18.0 Å². The van der Waals surface area contributed by atoms with Gasteiger partial charge in [0.15, 0.2) is 0 Å². The van der Waals surface area contributed by atoms with Crippen LogP contribution >= 0.6 is 0 Å². The number of para-hydroxylation sites is 2. The van der Waals surface area contributed by atoms with Crippen molar-refractivity contribution in [1.82, 2.24) is 19.6 Å². The van der Waals surface area contributed by atoms with Crippen LogP contribution in [0, 0.1) is 5.82 Å². The molecule has 0 saturated heterocycles. The molecule has 0 atom stereocenters. The van der Waals surface area contributed by atoms with Crippen LogP contribution in [0.2, 0.25) is 0 Å². The lowest BCUT2D eigenvalue weighted by Crippen LogP contribution is -2.14. The van der Waals surface area contributed by atoms with Crippen LogP contribution in [-0.4, -0.2) is 26.6 Å². The number of hydrogen-bond donors (Lipinski definition) is 0. The van der Waals surface area contributed by atoms with Crippen LogP contribution in [0.3, 0.4) is 0 Å². The Kier molecular flexibility index (Phi) is 2.75. The van der Waals surface area contributed by atoms with E-state index < -0.39 is 0 Å². The first-order chi connectivity index (χ1) is 10.8. The van der Waals surface area contributed by atoms with Gasteiger partial charge in [-0.15, -0.1) is 10.2 Å². The zero-order valence-electron chi connectivity index (χ0n) is 11.8. The maximum atomic E-state index is 14.1. The maximum Gasteiger partial charge on any atom is 0.257 e. The second-order valence-electron chi connectivity index (χ2n) is 4.96. The van der Waals surface area contributed by atoms with E-state index in [1.807, 2.05) is 28.7 Å². The Morgan fingerprint density at radius 3 is 2.68 bits per heavy atom. The largest absolute Gasteiger partial charge is 0.326 e. The Morgan fingerprint density at radius 2 is 1.82 bits per heavy atom. The van der Waals surface area contributed by atoms with Gasteiger partial charge in [-0.2, -0.15) is 4.98 Å². The minimum absolute atomic E-state index is 0.294. The maximum absolute atomic E-state index is 14.1. The molecule has 6 heteroatoms. The smallest absolute Gasteiger partial charge is 0.257 e. The van der Waals surface area contributed by atoms with E-state index in [1.54, 1.807) is 36.5 Å². The third kappa shape index (κ3) is 1.81. The first-order valence-corrected chi connectivity index (χ1v) is 6.82. The van der Waals surface area contributed by atoms with Crippen LogP contribution in [0.25, 0.3) is 16.7 Å². The summed E-state index contributed by atoms with van der Waals surface area (Å²) in [5, 5.41) is 8.81. The summed E-state index contributed by atoms with van der Waals surface area (Å²) in [6, 6.07) is 14.4. The van der Waals surface area contributed by atoms with Crippen LogP contribution in [0.4, 0.5) is 15.9 Å². The molecule has 0 aliphatic heterocycles. The average molecular weight is 293 g/mol. The van der Waals surface area contributed by atoms with Gasteiger partial charge in [0, 0.05) is 12.4 Å². The summed E-state index contributed by atoms with van der Waals surface area (Å²) < 4.78 is 15.9. The second-order valence-corrected chi connectivity index (χ2v) is 4.96. The normalized spacial score (nSPS) is 11.2. The molecule has 0 fully saturated rings. The fourth-order valence-electron chi connectivity index (χ4n) is 2.60. The molecule has 0 N–H and O–H groups in total. The molecular formula is C16H12FN5. The standard InChI is InChI=1S/C16H12FN5/c1-21(14-9-5-3-7-12(14)17)15-11-6-2-4-8-13(11)22-10-18-20-16(22)19-15/h2-10H,1H3. The molecule has 0 aliphatic carbocycles. The summed E-state index contributed by atoms with van der Waals surface area (Å²) in [7, 11) is 1.79. The highest BCUT2D eigenvalue weighted by Crippen LogP contribution is 2.30. The lowest BCUT2D eigenvalue weighted by atomic mass is 10.2. The lowest BCUT2D eigenvalue weighted by Gasteiger charge is -2.20. The van der Waals surface area contributed by atoms with Crippen LogP contribution in [0.15, 0.2) is 54.9 Å². The summed E-state index contributed by atoms with van der Waals surface area (Å²) >= 11 is 0. The molecule has 0 aliphatic rings. The summed E-state index contributed by atoms with van der Waals surface area (Å²) in [6.45, 7) is 0. The van der Waals surface area contributed by atoms with E-state index in [2.05, 4.69) is 15.2 Å². The van der Waals surface area contributed by atoms with Crippen LogP contribution in [-0.2, 0) is 0 Å². The van der Waals surface area contributed by atoms with Crippen molar-refractivity contribution in [2.45, 2.75) is 0 Å². The molecule has 2 aromatic heterocycles. The van der Waals surface area contributed by atoms with Gasteiger partial charge < -0.3 is 4.90 Å². The third-order valence-corrected chi connectivity index (χ3v) is 3.67. The molecule has 4 rings (SSSR count). The summed E-state index contributed by atoms with van der Waals surface area (Å²) in [5.74, 6) is 0.829. The van der Waals surface area contributed by atoms with E-state index in [0.29, 0.717) is 17.3 Å². The molecule has 5 nitrogen and oxygen atoms in total. The first kappa shape index (κ1) is 12.7. The van der Waals surface area contributed by atoms with E-state index in [1.165, 1.54) is 6.07 Å². The van der Waals surface area contributed by atoms with E-state index in [9.17, 15) is 4.39 Å². The van der Waals surface area contributed by atoms with Crippen molar-refractivity contribution < 1.29 is 4.39 Å². The minimum Gasteiger partial charge on any atom is -0.326 e. The number of halogens is 1. The van der Waals surface area contributed by atoms with Gasteiger partial charge >= 0.3 is 0 Å². The molecule has 108 valence electrons. The molecule has 0 unspecified atom stereocenters. The van der Waals surface area contributed by atoms with Gasteiger partial charge in [0.2, 0.25) is 0 Å². The molecule has 0 amide bonds. The first-order valence-electron chi connectivity index (χ1n) is 6.82. The average Bonchev–Trinajstić information content (AvgIpc) is 3.03. The monoisotopic (exact) mass is 293 g/mol. The number of aromatic nitrogens is 4. The van der Waals surface area contributed by atoms with E-state index in [0.717, 1.165) is 10.9 Å². The third-order valence-electron chi connectivity index (χ3n) is 3.67. The quantitative estimate of drug-likeness (QED) is 0.569. The van der Waals surface area contributed by atoms with Crippen molar-refractivity contribution >= 4 is 28.2 Å². The van der Waals surface area contributed by atoms with Crippen molar-refractivity contribution in [3.63, 3.8) is 0 Å². The molecule has 0 bridgehead atoms. The fraction of sp³-hybridized carbons (Fsp3) is 0.0625. The number of rotatable bonds is 2. The zero-order valence-corrected chi connectivity index (χ0v) is 11.8. The summed E-state index contributed by atoms with van der Waals surface area (Å²) in [6.07, 6.45) is 1.62. The van der Waals surface area contributed by atoms with Gasteiger partial charge in [-0.1, -0.05) is 24.3 Å². The number of fused-ring (bicyclic) bond motifs is 3. The van der Waals surface area contributed by atoms with E-state index in [4.69, 9.17) is 0 Å². The molecule has 2 heterocycles. The predicted octanol–water partition coefficient (Wildman–Crippen LogP) is 3.18. The Balaban J connectivity index is 2.02. The lowest BCUT2D eigenvalue weighted by molar-refractivity contribution is 0.627. The predicted molar refractivity (Wildman–Crippen MR) is 82.8 cm³/mol. The second kappa shape index (κ2) is 4.77. The van der Waals surface area contributed by atoms with Gasteiger partial charge in [-0.3, -0.25) is 4.40 Å². The highest BCUT2D eigenvalue weighted by atomic mass is 19.1. The van der Waals surface area contributed by atoms with Crippen molar-refractivity contribution in [1.29, 1.82) is 0 Å². The number of benzene rings is 2. The highest BCUT2D eigenvalue weighted by molar-refractivity contribution is 5.93. The summed E-state index contributed by atoms with van der Waals surface area (Å²) in [4.78, 5) is 6.26. The summed E-state index contributed by atoms with van der Waals surface area (Å²) in [5.41, 5.74) is 1.39. The molecule has 0 saturated carbocycles. The fourth-order valence-corrected chi connectivity index (χ4v) is 2.60. The highest BCUT2D eigenvalue weighted by Gasteiger charge is 2.16. The molecule has 22 heavy (non-hydrogen) atoms. The van der Waals surface area contributed by atoms with Crippen molar-refractivity contribution in [3.8, 4) is 0 Å². The molecule has 0 radical (unpaired) electrons. The van der Waals surface area contributed by atoms with Gasteiger partial charge in [-0.25, -0.2) is 4.39 Å². The number of anilines is 2. The van der Waals surface area contributed by atoms with E-state index >= 15 is 0 Å². The van der Waals surface area contributed by atoms with Crippen LogP contribution in [0.5, 0.6) is 0 Å². The van der Waals surface area contributed by atoms with Crippen LogP contribution < -0.4 is 4.90 Å². The molecular weight excluding hydrogens is 281 g/mol. The van der Waals surface area contributed by atoms with E-state index in [-0.39, 0.29) is 5.82 Å². The Hall–Kier alpha value is -3.02. The van der Waals surface area contributed by atoms with Crippen molar-refractivity contribution in [3.05, 3.63) is 60.7 Å². The Labute approximate surface area is 125 Å². The van der Waals surface area contributed by atoms with Gasteiger partial charge in [0.25, 0.3) is 5.78 Å².